The lowest BCUT2D eigenvalue weighted by atomic mass is 10.2. The van der Waals surface area contributed by atoms with Gasteiger partial charge < -0.3 is 19.9 Å². The molecule has 0 amide bonds. The fourth-order valence-electron chi connectivity index (χ4n) is 2.26. The maximum Gasteiger partial charge on any atom is 0.223 e. The van der Waals surface area contributed by atoms with Crippen molar-refractivity contribution >= 4 is 29.9 Å². The van der Waals surface area contributed by atoms with E-state index in [1.165, 1.54) is 12.8 Å². The van der Waals surface area contributed by atoms with Crippen LogP contribution >= 0.6 is 24.0 Å². The van der Waals surface area contributed by atoms with E-state index < -0.39 is 0 Å². The number of nitrogens with one attached hydrogen (secondary N) is 2. The number of nitrogens with zero attached hydrogens (tertiary/aromatic N) is 3. The minimum Gasteiger partial charge on any atom is -0.493 e. The average molecular weight is 457 g/mol. The first-order valence-electron chi connectivity index (χ1n) is 8.19. The predicted molar refractivity (Wildman–Crippen MR) is 106 cm³/mol. The van der Waals surface area contributed by atoms with E-state index in [4.69, 9.17) is 9.26 Å². The summed E-state index contributed by atoms with van der Waals surface area (Å²) in [4.78, 5) is 8.36. The van der Waals surface area contributed by atoms with Crippen LogP contribution in [0.3, 0.4) is 0 Å². The van der Waals surface area contributed by atoms with Crippen molar-refractivity contribution in [3.05, 3.63) is 41.5 Å². The van der Waals surface area contributed by atoms with Crippen LogP contribution < -0.4 is 15.4 Å². The third kappa shape index (κ3) is 6.18. The van der Waals surface area contributed by atoms with E-state index in [9.17, 15) is 0 Å². The molecule has 1 saturated carbocycles. The fraction of sp³-hybridized carbons (Fsp3) is 0.471. The summed E-state index contributed by atoms with van der Waals surface area (Å²) in [5.41, 5.74) is 1.11. The van der Waals surface area contributed by atoms with E-state index in [0.29, 0.717) is 30.8 Å². The predicted octanol–water partition coefficient (Wildman–Crippen LogP) is 2.65. The van der Waals surface area contributed by atoms with E-state index in [2.05, 4.69) is 31.8 Å². The largest absolute Gasteiger partial charge is 0.493 e. The van der Waals surface area contributed by atoms with E-state index in [1.54, 1.807) is 14.0 Å². The van der Waals surface area contributed by atoms with Crippen molar-refractivity contribution in [2.75, 3.05) is 13.7 Å². The van der Waals surface area contributed by atoms with Gasteiger partial charge in [-0.3, -0.25) is 4.99 Å². The molecule has 1 aliphatic carbocycles. The van der Waals surface area contributed by atoms with Gasteiger partial charge in [0.05, 0.1) is 13.2 Å². The van der Waals surface area contributed by atoms with Gasteiger partial charge in [-0.2, -0.15) is 4.98 Å². The Morgan fingerprint density at radius 3 is 2.72 bits per heavy atom. The van der Waals surface area contributed by atoms with Crippen molar-refractivity contribution in [1.29, 1.82) is 0 Å². The lowest BCUT2D eigenvalue weighted by Gasteiger charge is -2.14. The van der Waals surface area contributed by atoms with Crippen LogP contribution in [0.4, 0.5) is 0 Å². The molecule has 7 nitrogen and oxygen atoms in total. The molecule has 136 valence electrons. The Labute approximate surface area is 164 Å². The standard InChI is InChI=1S/C17H23N5O2.HI/c1-12-21-16(22-24-12)10-20-17(18-2)19-9-14-5-3-4-6-15(14)23-11-13-7-8-13;/h3-6,13H,7-11H2,1-2H3,(H2,18,19,20);1H. The lowest BCUT2D eigenvalue weighted by Crippen LogP contribution is -2.36. The van der Waals surface area contributed by atoms with Crippen molar-refractivity contribution in [3.63, 3.8) is 0 Å². The second-order valence-corrected chi connectivity index (χ2v) is 5.87. The molecule has 3 rings (SSSR count). The Bertz CT molecular complexity index is 700. The molecule has 2 N–H and O–H groups in total. The van der Waals surface area contributed by atoms with E-state index in [1.807, 2.05) is 18.2 Å². The number of hydrogen-bond donors (Lipinski definition) is 2. The van der Waals surface area contributed by atoms with Crippen molar-refractivity contribution in [2.45, 2.75) is 32.9 Å². The molecule has 1 aromatic heterocycles. The van der Waals surface area contributed by atoms with Gasteiger partial charge >= 0.3 is 0 Å². The first-order valence-corrected chi connectivity index (χ1v) is 8.19. The third-order valence-corrected chi connectivity index (χ3v) is 3.80. The number of para-hydroxylation sites is 1. The van der Waals surface area contributed by atoms with Gasteiger partial charge in [-0.05, 0) is 24.8 Å². The van der Waals surface area contributed by atoms with Gasteiger partial charge in [0.2, 0.25) is 5.89 Å². The van der Waals surface area contributed by atoms with E-state index >= 15 is 0 Å². The second kappa shape index (κ2) is 9.59. The summed E-state index contributed by atoms with van der Waals surface area (Å²) in [6, 6.07) is 8.08. The summed E-state index contributed by atoms with van der Waals surface area (Å²) in [6.07, 6.45) is 2.57. The number of ether oxygens (including phenoxy) is 1. The molecule has 1 aliphatic rings. The maximum absolute atomic E-state index is 5.93. The monoisotopic (exact) mass is 457 g/mol. The highest BCUT2D eigenvalue weighted by Crippen LogP contribution is 2.30. The van der Waals surface area contributed by atoms with Crippen molar-refractivity contribution in [2.24, 2.45) is 10.9 Å². The van der Waals surface area contributed by atoms with Gasteiger partial charge in [0.15, 0.2) is 11.8 Å². The van der Waals surface area contributed by atoms with Crippen molar-refractivity contribution < 1.29 is 9.26 Å². The quantitative estimate of drug-likeness (QED) is 0.378. The van der Waals surface area contributed by atoms with E-state index in [-0.39, 0.29) is 24.0 Å². The summed E-state index contributed by atoms with van der Waals surface area (Å²) in [7, 11) is 1.73. The normalized spacial score (nSPS) is 13.9. The number of guanidine groups is 1. The topological polar surface area (TPSA) is 84.6 Å². The average Bonchev–Trinajstić information content (AvgIpc) is 3.34. The first-order chi connectivity index (χ1) is 11.7. The van der Waals surface area contributed by atoms with Crippen molar-refractivity contribution in [1.82, 2.24) is 20.8 Å². The molecule has 8 heteroatoms. The highest BCUT2D eigenvalue weighted by atomic mass is 127. The van der Waals surface area contributed by atoms with Gasteiger partial charge in [-0.1, -0.05) is 23.4 Å². The second-order valence-electron chi connectivity index (χ2n) is 5.87. The Morgan fingerprint density at radius 1 is 1.28 bits per heavy atom. The van der Waals surface area contributed by atoms with Crippen LogP contribution in [0.5, 0.6) is 5.75 Å². The highest BCUT2D eigenvalue weighted by Gasteiger charge is 2.22. The maximum atomic E-state index is 5.93. The Balaban J connectivity index is 0.00000225. The Morgan fingerprint density at radius 2 is 2.04 bits per heavy atom. The van der Waals surface area contributed by atoms with Crippen LogP contribution in [0.25, 0.3) is 0 Å². The van der Waals surface area contributed by atoms with Crippen LogP contribution in [-0.4, -0.2) is 29.8 Å². The molecule has 0 atom stereocenters. The molecular weight excluding hydrogens is 433 g/mol. The molecule has 0 spiro atoms. The minimum absolute atomic E-state index is 0. The first kappa shape index (κ1) is 19.5. The molecule has 0 aliphatic heterocycles. The zero-order valence-corrected chi connectivity index (χ0v) is 16.8. The van der Waals surface area contributed by atoms with Gasteiger partial charge in [-0.25, -0.2) is 0 Å². The van der Waals surface area contributed by atoms with Gasteiger partial charge in [-0.15, -0.1) is 24.0 Å². The number of rotatable bonds is 7. The number of benzene rings is 1. The van der Waals surface area contributed by atoms with Crippen LogP contribution in [0, 0.1) is 12.8 Å². The molecule has 1 heterocycles. The molecule has 25 heavy (non-hydrogen) atoms. The number of aryl methyl sites for hydroxylation is 1. The molecule has 1 fully saturated rings. The number of aromatic nitrogens is 2. The van der Waals surface area contributed by atoms with Crippen LogP contribution in [0.1, 0.15) is 30.1 Å². The molecule has 0 saturated heterocycles. The highest BCUT2D eigenvalue weighted by molar-refractivity contribution is 14.0. The summed E-state index contributed by atoms with van der Waals surface area (Å²) >= 11 is 0. The minimum atomic E-state index is 0. The van der Waals surface area contributed by atoms with Gasteiger partial charge in [0, 0.05) is 26.1 Å². The van der Waals surface area contributed by atoms with Crippen molar-refractivity contribution in [3.8, 4) is 5.75 Å². The zero-order chi connectivity index (χ0) is 16.8. The summed E-state index contributed by atoms with van der Waals surface area (Å²) in [5.74, 6) is 3.49. The fourth-order valence-corrected chi connectivity index (χ4v) is 2.26. The molecule has 1 aromatic carbocycles. The van der Waals surface area contributed by atoms with Gasteiger partial charge in [0.25, 0.3) is 0 Å². The molecule has 0 unspecified atom stereocenters. The smallest absolute Gasteiger partial charge is 0.223 e. The summed E-state index contributed by atoms with van der Waals surface area (Å²) in [6.45, 7) is 3.66. The molecule has 0 bridgehead atoms. The van der Waals surface area contributed by atoms with E-state index in [0.717, 1.165) is 23.8 Å². The Kier molecular flexibility index (Phi) is 7.48. The summed E-state index contributed by atoms with van der Waals surface area (Å²) < 4.78 is 10.9. The zero-order valence-electron chi connectivity index (χ0n) is 14.5. The van der Waals surface area contributed by atoms with Crippen LogP contribution in [0.15, 0.2) is 33.8 Å². The summed E-state index contributed by atoms with van der Waals surface area (Å²) in [5, 5.41) is 10.3. The molecular formula is C17H24IN5O2. The molecule has 2 aromatic rings. The molecule has 0 radical (unpaired) electrons. The SMILES string of the molecule is CN=C(NCc1noc(C)n1)NCc1ccccc1OCC1CC1.I. The van der Waals surface area contributed by atoms with Crippen LogP contribution in [0.2, 0.25) is 0 Å². The Hall–Kier alpha value is -1.84. The number of halogens is 1. The van der Waals surface area contributed by atoms with Crippen LogP contribution in [-0.2, 0) is 13.1 Å². The van der Waals surface area contributed by atoms with Gasteiger partial charge in [0.1, 0.15) is 5.75 Å². The third-order valence-electron chi connectivity index (χ3n) is 3.80. The lowest BCUT2D eigenvalue weighted by molar-refractivity contribution is 0.296. The number of hydrogen-bond acceptors (Lipinski definition) is 5. The number of aliphatic imine (C=N–C) groups is 1.